The van der Waals surface area contributed by atoms with E-state index in [1.165, 1.54) is 12.1 Å². The molecule has 2 rings (SSSR count). The molecule has 0 aliphatic heterocycles. The monoisotopic (exact) mass is 259 g/mol. The molecule has 1 aromatic heterocycles. The Kier molecular flexibility index (Phi) is 3.71. The predicted molar refractivity (Wildman–Crippen MR) is 67.4 cm³/mol. The maximum absolute atomic E-state index is 13.8. The second kappa shape index (κ2) is 5.44. The fourth-order valence-electron chi connectivity index (χ4n) is 1.77. The Labute approximate surface area is 109 Å². The van der Waals surface area contributed by atoms with E-state index in [0.717, 1.165) is 5.56 Å². The highest BCUT2D eigenvalue weighted by Gasteiger charge is 2.16. The zero-order chi connectivity index (χ0) is 13.8. The first-order chi connectivity index (χ1) is 9.13. The van der Waals surface area contributed by atoms with Gasteiger partial charge in [0, 0.05) is 26.0 Å². The molecule has 0 spiro atoms. The number of halogens is 2. The quantitative estimate of drug-likeness (QED) is 0.850. The van der Waals surface area contributed by atoms with E-state index in [0.29, 0.717) is 6.54 Å². The van der Waals surface area contributed by atoms with Gasteiger partial charge in [-0.3, -0.25) is 4.98 Å². The molecule has 19 heavy (non-hydrogen) atoms. The topological polar surface area (TPSA) is 39.9 Å². The first-order valence-corrected chi connectivity index (χ1v) is 5.61. The van der Waals surface area contributed by atoms with Crippen LogP contribution in [0.3, 0.4) is 0 Å². The van der Waals surface area contributed by atoms with Crippen molar-refractivity contribution in [2.45, 2.75) is 6.54 Å². The highest BCUT2D eigenvalue weighted by Crippen LogP contribution is 2.24. The zero-order valence-electron chi connectivity index (χ0n) is 10.3. The third-order valence-corrected chi connectivity index (χ3v) is 2.74. The van der Waals surface area contributed by atoms with E-state index >= 15 is 0 Å². The number of pyridine rings is 1. The first-order valence-electron chi connectivity index (χ1n) is 5.61. The number of hydrogen-bond acceptors (Lipinski definition) is 3. The smallest absolute Gasteiger partial charge is 0.183 e. The van der Waals surface area contributed by atoms with Crippen molar-refractivity contribution in [2.75, 3.05) is 11.9 Å². The average Bonchev–Trinajstić information content (AvgIpc) is 2.42. The number of anilines is 1. The van der Waals surface area contributed by atoms with Gasteiger partial charge in [0.15, 0.2) is 11.6 Å². The van der Waals surface area contributed by atoms with Crippen molar-refractivity contribution in [3.63, 3.8) is 0 Å². The standard InChI is InChI=1S/C14H11F2N3/c1-19(9-10-3-2-6-18-8-10)12-5-4-11(7-17)13(15)14(12)16/h2-6,8H,9H2,1H3. The summed E-state index contributed by atoms with van der Waals surface area (Å²) in [5, 5.41) is 8.63. The lowest BCUT2D eigenvalue weighted by atomic mass is 10.1. The van der Waals surface area contributed by atoms with Crippen molar-refractivity contribution >= 4 is 5.69 Å². The van der Waals surface area contributed by atoms with Crippen molar-refractivity contribution in [1.82, 2.24) is 4.98 Å². The van der Waals surface area contributed by atoms with E-state index in [1.54, 1.807) is 36.5 Å². The van der Waals surface area contributed by atoms with Gasteiger partial charge in [0.25, 0.3) is 0 Å². The van der Waals surface area contributed by atoms with Crippen molar-refractivity contribution in [1.29, 1.82) is 5.26 Å². The molecule has 0 N–H and O–H groups in total. The van der Waals surface area contributed by atoms with Crippen LogP contribution in [0.2, 0.25) is 0 Å². The molecule has 0 radical (unpaired) electrons. The van der Waals surface area contributed by atoms with Crippen LogP contribution in [0.1, 0.15) is 11.1 Å². The summed E-state index contributed by atoms with van der Waals surface area (Å²) >= 11 is 0. The van der Waals surface area contributed by atoms with Gasteiger partial charge in [-0.1, -0.05) is 6.07 Å². The normalized spacial score (nSPS) is 10.0. The summed E-state index contributed by atoms with van der Waals surface area (Å²) in [6.45, 7) is 0.399. The Morgan fingerprint density at radius 1 is 1.26 bits per heavy atom. The highest BCUT2D eigenvalue weighted by atomic mass is 19.2. The molecular weight excluding hydrogens is 248 g/mol. The van der Waals surface area contributed by atoms with Gasteiger partial charge in [0.05, 0.1) is 11.3 Å². The second-order valence-electron chi connectivity index (χ2n) is 4.09. The third-order valence-electron chi connectivity index (χ3n) is 2.74. The van der Waals surface area contributed by atoms with E-state index < -0.39 is 11.6 Å². The molecule has 0 aliphatic rings. The lowest BCUT2D eigenvalue weighted by Gasteiger charge is -2.20. The van der Waals surface area contributed by atoms with Gasteiger partial charge in [0.2, 0.25) is 0 Å². The number of nitrogens with zero attached hydrogens (tertiary/aromatic N) is 3. The molecule has 0 unspecified atom stereocenters. The Hall–Kier alpha value is -2.48. The van der Waals surface area contributed by atoms with Gasteiger partial charge in [-0.2, -0.15) is 5.26 Å². The van der Waals surface area contributed by atoms with Gasteiger partial charge < -0.3 is 4.90 Å². The number of rotatable bonds is 3. The molecule has 0 aliphatic carbocycles. The SMILES string of the molecule is CN(Cc1cccnc1)c1ccc(C#N)c(F)c1F. The molecule has 3 nitrogen and oxygen atoms in total. The zero-order valence-corrected chi connectivity index (χ0v) is 10.3. The van der Waals surface area contributed by atoms with Crippen LogP contribution in [0.4, 0.5) is 14.5 Å². The minimum absolute atomic E-state index is 0.111. The minimum Gasteiger partial charge on any atom is -0.368 e. The second-order valence-corrected chi connectivity index (χ2v) is 4.09. The Bertz CT molecular complexity index is 621. The van der Waals surface area contributed by atoms with Crippen LogP contribution >= 0.6 is 0 Å². The molecule has 0 fully saturated rings. The van der Waals surface area contributed by atoms with Crippen molar-refractivity contribution < 1.29 is 8.78 Å². The van der Waals surface area contributed by atoms with E-state index in [-0.39, 0.29) is 11.3 Å². The average molecular weight is 259 g/mol. The summed E-state index contributed by atoms with van der Waals surface area (Å²) in [7, 11) is 1.65. The summed E-state index contributed by atoms with van der Waals surface area (Å²) in [6, 6.07) is 7.90. The molecule has 5 heteroatoms. The van der Waals surface area contributed by atoms with Gasteiger partial charge in [0.1, 0.15) is 6.07 Å². The molecule has 0 saturated heterocycles. The van der Waals surface area contributed by atoms with E-state index in [2.05, 4.69) is 4.98 Å². The van der Waals surface area contributed by atoms with Crippen LogP contribution in [0.25, 0.3) is 0 Å². The number of nitriles is 1. The fraction of sp³-hybridized carbons (Fsp3) is 0.143. The molecular formula is C14H11F2N3. The lowest BCUT2D eigenvalue weighted by Crippen LogP contribution is -2.18. The summed E-state index contributed by atoms with van der Waals surface area (Å²) in [6.07, 6.45) is 3.31. The van der Waals surface area contributed by atoms with E-state index in [9.17, 15) is 8.78 Å². The van der Waals surface area contributed by atoms with Gasteiger partial charge in [-0.05, 0) is 23.8 Å². The molecule has 1 aromatic carbocycles. The van der Waals surface area contributed by atoms with Crippen LogP contribution in [-0.4, -0.2) is 12.0 Å². The third kappa shape index (κ3) is 2.68. The van der Waals surface area contributed by atoms with Crippen molar-refractivity contribution in [3.05, 3.63) is 59.4 Å². The first kappa shape index (κ1) is 13.0. The highest BCUT2D eigenvalue weighted by molar-refractivity contribution is 5.51. The molecule has 1 heterocycles. The lowest BCUT2D eigenvalue weighted by molar-refractivity contribution is 0.505. The summed E-state index contributed by atoms with van der Waals surface area (Å²) in [5.74, 6) is -2.12. The van der Waals surface area contributed by atoms with E-state index in [1.807, 2.05) is 6.07 Å². The number of hydrogen-bond donors (Lipinski definition) is 0. The Morgan fingerprint density at radius 3 is 2.68 bits per heavy atom. The molecule has 96 valence electrons. The van der Waals surface area contributed by atoms with Crippen molar-refractivity contribution in [2.24, 2.45) is 0 Å². The van der Waals surface area contributed by atoms with Gasteiger partial charge >= 0.3 is 0 Å². The predicted octanol–water partition coefficient (Wildman–Crippen LogP) is 2.87. The van der Waals surface area contributed by atoms with E-state index in [4.69, 9.17) is 5.26 Å². The molecule has 0 atom stereocenters. The molecule has 0 saturated carbocycles. The molecule has 2 aromatic rings. The molecule has 0 amide bonds. The number of aromatic nitrogens is 1. The maximum atomic E-state index is 13.8. The van der Waals surface area contributed by atoms with Crippen LogP contribution < -0.4 is 4.90 Å². The number of benzene rings is 1. The summed E-state index contributed by atoms with van der Waals surface area (Å²) in [4.78, 5) is 5.53. The van der Waals surface area contributed by atoms with Crippen LogP contribution in [0.15, 0.2) is 36.7 Å². The molecule has 0 bridgehead atoms. The van der Waals surface area contributed by atoms with Crippen LogP contribution in [0, 0.1) is 23.0 Å². The van der Waals surface area contributed by atoms with Crippen molar-refractivity contribution in [3.8, 4) is 6.07 Å². The Balaban J connectivity index is 2.28. The van der Waals surface area contributed by atoms with Gasteiger partial charge in [-0.15, -0.1) is 0 Å². The van der Waals surface area contributed by atoms with Crippen LogP contribution in [0.5, 0.6) is 0 Å². The summed E-state index contributed by atoms with van der Waals surface area (Å²) in [5.41, 5.74) is 0.700. The Morgan fingerprint density at radius 2 is 2.05 bits per heavy atom. The minimum atomic E-state index is -1.11. The fourth-order valence-corrected chi connectivity index (χ4v) is 1.77. The summed E-state index contributed by atoms with van der Waals surface area (Å²) < 4.78 is 27.3. The van der Waals surface area contributed by atoms with Crippen LogP contribution in [-0.2, 0) is 6.54 Å². The largest absolute Gasteiger partial charge is 0.368 e. The van der Waals surface area contributed by atoms with Gasteiger partial charge in [-0.25, -0.2) is 8.78 Å². The maximum Gasteiger partial charge on any atom is 0.183 e.